The van der Waals surface area contributed by atoms with Crippen LogP contribution in [0, 0.1) is 11.8 Å². The maximum absolute atomic E-state index is 13.1. The summed E-state index contributed by atoms with van der Waals surface area (Å²) < 4.78 is 28.4. The van der Waals surface area contributed by atoms with E-state index in [0.717, 1.165) is 10.6 Å². The van der Waals surface area contributed by atoms with Crippen LogP contribution in [0.1, 0.15) is 38.1 Å². The Labute approximate surface area is 202 Å². The highest BCUT2D eigenvalue weighted by Gasteiger charge is 2.26. The predicted molar refractivity (Wildman–Crippen MR) is 133 cm³/mol. The van der Waals surface area contributed by atoms with Crippen molar-refractivity contribution in [1.29, 1.82) is 0 Å². The van der Waals surface area contributed by atoms with Gasteiger partial charge in [-0.1, -0.05) is 39.3 Å². The molecule has 6 nitrogen and oxygen atoms in total. The highest BCUT2D eigenvalue weighted by atomic mass is 35.5. The lowest BCUT2D eigenvalue weighted by molar-refractivity contribution is 0.102. The molecule has 0 atom stereocenters. The number of aromatic nitrogens is 1. The van der Waals surface area contributed by atoms with Crippen molar-refractivity contribution in [1.82, 2.24) is 9.29 Å². The Balaban J connectivity index is 1.73. The second-order valence-corrected chi connectivity index (χ2v) is 12.7. The molecule has 0 unspecified atom stereocenters. The summed E-state index contributed by atoms with van der Waals surface area (Å²) in [5, 5.41) is 5.09. The Hall–Kier alpha value is -1.78. The van der Waals surface area contributed by atoms with Gasteiger partial charge in [0.1, 0.15) is 0 Å². The topological polar surface area (TPSA) is 79.4 Å². The van der Waals surface area contributed by atoms with E-state index in [9.17, 15) is 13.2 Å². The quantitative estimate of drug-likeness (QED) is 0.377. The maximum atomic E-state index is 13.1. The molecule has 1 N–H and O–H groups in total. The van der Waals surface area contributed by atoms with E-state index in [1.807, 2.05) is 39.1 Å². The minimum atomic E-state index is -3.64. The predicted octanol–water partition coefficient (Wildman–Crippen LogP) is 6.08. The van der Waals surface area contributed by atoms with E-state index >= 15 is 0 Å². The van der Waals surface area contributed by atoms with Gasteiger partial charge in [-0.2, -0.15) is 4.31 Å². The summed E-state index contributed by atoms with van der Waals surface area (Å²) in [6.45, 7) is 8.87. The highest BCUT2D eigenvalue weighted by Crippen LogP contribution is 2.33. The smallest absolute Gasteiger partial charge is 0.257 e. The first-order valence-electron chi connectivity index (χ1n) is 10.2. The lowest BCUT2D eigenvalue weighted by atomic mass is 10.2. The van der Waals surface area contributed by atoms with Crippen LogP contribution in [0.15, 0.2) is 46.7 Å². The number of hydrogen-bond donors (Lipinski definition) is 1. The van der Waals surface area contributed by atoms with E-state index < -0.39 is 10.0 Å². The molecule has 0 spiro atoms. The number of nitrogens with zero attached hydrogens (tertiary/aromatic N) is 2. The van der Waals surface area contributed by atoms with Crippen LogP contribution in [-0.2, 0) is 10.0 Å². The van der Waals surface area contributed by atoms with Gasteiger partial charge in [0.15, 0.2) is 5.13 Å². The van der Waals surface area contributed by atoms with E-state index in [0.29, 0.717) is 28.1 Å². The first-order chi connectivity index (χ1) is 15.1. The van der Waals surface area contributed by atoms with Crippen molar-refractivity contribution in [3.05, 3.63) is 51.7 Å². The number of rotatable bonds is 9. The molecule has 0 aliphatic carbocycles. The zero-order valence-corrected chi connectivity index (χ0v) is 21.5. The lowest BCUT2D eigenvalue weighted by Gasteiger charge is -2.25. The largest absolute Gasteiger partial charge is 0.298 e. The molecule has 172 valence electrons. The summed E-state index contributed by atoms with van der Waals surface area (Å²) in [5.41, 5.74) is 1.11. The number of hydrogen-bond acceptors (Lipinski definition) is 6. The van der Waals surface area contributed by atoms with Crippen LogP contribution in [0.5, 0.6) is 0 Å². The van der Waals surface area contributed by atoms with Gasteiger partial charge in [-0.3, -0.25) is 10.1 Å². The number of amides is 1. The van der Waals surface area contributed by atoms with Gasteiger partial charge in [-0.05, 0) is 48.2 Å². The minimum Gasteiger partial charge on any atom is -0.298 e. The van der Waals surface area contributed by atoms with Crippen LogP contribution < -0.4 is 5.32 Å². The van der Waals surface area contributed by atoms with Crippen molar-refractivity contribution in [2.75, 3.05) is 18.4 Å². The molecule has 1 aromatic carbocycles. The fourth-order valence-corrected chi connectivity index (χ4v) is 6.63. The molecule has 0 saturated carbocycles. The van der Waals surface area contributed by atoms with Crippen LogP contribution in [0.2, 0.25) is 4.34 Å². The molecule has 1 amide bonds. The highest BCUT2D eigenvalue weighted by molar-refractivity contribution is 7.89. The van der Waals surface area contributed by atoms with Gasteiger partial charge in [0, 0.05) is 24.0 Å². The van der Waals surface area contributed by atoms with E-state index in [1.165, 1.54) is 51.2 Å². The molecule has 10 heteroatoms. The Morgan fingerprint density at radius 3 is 2.22 bits per heavy atom. The first-order valence-corrected chi connectivity index (χ1v) is 13.7. The fraction of sp³-hybridized carbons (Fsp3) is 0.364. The number of carbonyl (C=O) groups excluding carboxylic acids is 1. The lowest BCUT2D eigenvalue weighted by Crippen LogP contribution is -2.37. The van der Waals surface area contributed by atoms with Crippen molar-refractivity contribution in [2.45, 2.75) is 32.6 Å². The summed E-state index contributed by atoms with van der Waals surface area (Å²) in [7, 11) is -3.64. The van der Waals surface area contributed by atoms with Gasteiger partial charge in [-0.15, -0.1) is 22.7 Å². The van der Waals surface area contributed by atoms with Crippen LogP contribution in [0.4, 0.5) is 5.13 Å². The number of thiophene rings is 1. The third-order valence-electron chi connectivity index (χ3n) is 4.44. The molecule has 3 aromatic rings. The van der Waals surface area contributed by atoms with Gasteiger partial charge in [-0.25, -0.2) is 13.4 Å². The third-order valence-corrected chi connectivity index (χ3v) is 8.30. The van der Waals surface area contributed by atoms with E-state index in [1.54, 1.807) is 6.07 Å². The number of nitrogens with one attached hydrogen (secondary N) is 1. The second kappa shape index (κ2) is 10.4. The molecule has 32 heavy (non-hydrogen) atoms. The van der Waals surface area contributed by atoms with Crippen molar-refractivity contribution in [2.24, 2.45) is 11.8 Å². The summed E-state index contributed by atoms with van der Waals surface area (Å²) in [6, 6.07) is 9.71. The van der Waals surface area contributed by atoms with Gasteiger partial charge in [0.2, 0.25) is 10.0 Å². The van der Waals surface area contributed by atoms with Gasteiger partial charge in [0.05, 0.1) is 19.8 Å². The van der Waals surface area contributed by atoms with Gasteiger partial charge in [0.25, 0.3) is 5.91 Å². The molecule has 0 aliphatic rings. The minimum absolute atomic E-state index is 0.182. The zero-order chi connectivity index (χ0) is 23.5. The van der Waals surface area contributed by atoms with Crippen LogP contribution in [0.3, 0.4) is 0 Å². The number of carbonyl (C=O) groups is 1. The SMILES string of the molecule is CC(C)CN(CC(C)C)S(=O)(=O)c1ccc(C(=O)Nc2nc(-c3ccc(Cl)s3)cs2)cc1. The number of halogens is 1. The molecule has 2 heterocycles. The van der Waals surface area contributed by atoms with Crippen molar-refractivity contribution in [3.8, 4) is 10.6 Å². The van der Waals surface area contributed by atoms with Gasteiger partial charge < -0.3 is 0 Å². The Kier molecular flexibility index (Phi) is 8.11. The number of anilines is 1. The molecule has 0 fully saturated rings. The van der Waals surface area contributed by atoms with E-state index in [-0.39, 0.29) is 22.6 Å². The second-order valence-electron chi connectivity index (χ2n) is 8.23. The third kappa shape index (κ3) is 6.17. The Morgan fingerprint density at radius 1 is 1.06 bits per heavy atom. The summed E-state index contributed by atoms with van der Waals surface area (Å²) >= 11 is 8.71. The fourth-order valence-electron chi connectivity index (χ4n) is 3.08. The van der Waals surface area contributed by atoms with Crippen molar-refractivity contribution >= 4 is 55.3 Å². The van der Waals surface area contributed by atoms with Crippen LogP contribution in [0.25, 0.3) is 10.6 Å². The van der Waals surface area contributed by atoms with E-state index in [2.05, 4.69) is 10.3 Å². The average molecular weight is 512 g/mol. The van der Waals surface area contributed by atoms with Crippen LogP contribution in [-0.4, -0.2) is 36.7 Å². The summed E-state index contributed by atoms with van der Waals surface area (Å²) in [5.74, 6) is 0.0733. The van der Waals surface area contributed by atoms with Crippen molar-refractivity contribution in [3.63, 3.8) is 0 Å². The zero-order valence-electron chi connectivity index (χ0n) is 18.3. The Bertz CT molecular complexity index is 1160. The number of benzene rings is 1. The molecule has 0 bridgehead atoms. The molecule has 0 saturated heterocycles. The molecule has 3 rings (SSSR count). The molecular weight excluding hydrogens is 486 g/mol. The Morgan fingerprint density at radius 2 is 1.69 bits per heavy atom. The average Bonchev–Trinajstić information content (AvgIpc) is 3.35. The molecular formula is C22H26ClN3O3S3. The van der Waals surface area contributed by atoms with E-state index in [4.69, 9.17) is 11.6 Å². The standard InChI is InChI=1S/C22H26ClN3O3S3/c1-14(2)11-26(12-15(3)4)32(28,29)17-7-5-16(6-8-17)21(27)25-22-24-18(13-30-22)19-9-10-20(23)31-19/h5-10,13-15H,11-12H2,1-4H3,(H,24,25,27). The number of sulfonamides is 1. The number of thiazole rings is 1. The summed E-state index contributed by atoms with van der Waals surface area (Å²) in [4.78, 5) is 18.2. The molecule has 0 radical (unpaired) electrons. The van der Waals surface area contributed by atoms with Crippen LogP contribution >= 0.6 is 34.3 Å². The summed E-state index contributed by atoms with van der Waals surface area (Å²) in [6.07, 6.45) is 0. The molecule has 0 aliphatic heterocycles. The molecule has 2 aromatic heterocycles. The monoisotopic (exact) mass is 511 g/mol. The van der Waals surface area contributed by atoms with Crippen molar-refractivity contribution < 1.29 is 13.2 Å². The van der Waals surface area contributed by atoms with Gasteiger partial charge >= 0.3 is 0 Å². The maximum Gasteiger partial charge on any atom is 0.257 e. The normalized spacial score (nSPS) is 12.1. The first kappa shape index (κ1) is 24.9.